The minimum absolute atomic E-state index is 0.0156. The van der Waals surface area contributed by atoms with Crippen molar-refractivity contribution in [3.8, 4) is 0 Å². The molecule has 0 amide bonds. The van der Waals surface area contributed by atoms with Gasteiger partial charge >= 0.3 is 5.97 Å². The Kier molecular flexibility index (Phi) is 11.6. The summed E-state index contributed by atoms with van der Waals surface area (Å²) in [6.07, 6.45) is 0.251. The highest BCUT2D eigenvalue weighted by molar-refractivity contribution is 6.10. The fourth-order valence-electron chi connectivity index (χ4n) is 4.61. The molecule has 4 aromatic rings. The minimum Gasteiger partial charge on any atom is -0.481 e. The lowest BCUT2D eigenvalue weighted by atomic mass is 9.86. The van der Waals surface area contributed by atoms with Crippen LogP contribution >= 0.6 is 0 Å². The predicted octanol–water partition coefficient (Wildman–Crippen LogP) is 7.31. The summed E-state index contributed by atoms with van der Waals surface area (Å²) in [5.41, 5.74) is 3.88. The first kappa shape index (κ1) is 32.5. The van der Waals surface area contributed by atoms with E-state index in [1.54, 1.807) is 93.6 Å². The van der Waals surface area contributed by atoms with Crippen molar-refractivity contribution in [2.75, 3.05) is 0 Å². The highest BCUT2D eigenvalue weighted by Gasteiger charge is 2.29. The first-order chi connectivity index (χ1) is 20.5. The molecule has 0 aliphatic rings. The third kappa shape index (κ3) is 8.52. The molecule has 43 heavy (non-hydrogen) atoms. The molecule has 0 fully saturated rings. The van der Waals surface area contributed by atoms with Gasteiger partial charge < -0.3 is 5.11 Å². The number of ketones is 4. The number of rotatable bonds is 11. The molecule has 0 heterocycles. The Morgan fingerprint density at radius 1 is 0.581 bits per heavy atom. The molecule has 0 aliphatic heterocycles. The molecule has 4 rings (SSSR count). The second-order valence-electron chi connectivity index (χ2n) is 10.4. The van der Waals surface area contributed by atoms with Gasteiger partial charge in [-0.3, -0.25) is 24.0 Å². The lowest BCUT2D eigenvalue weighted by molar-refractivity contribution is -0.146. The molecule has 6 heteroatoms. The van der Waals surface area contributed by atoms with Crippen LogP contribution < -0.4 is 0 Å². The maximum absolute atomic E-state index is 12.5. The predicted molar refractivity (Wildman–Crippen MR) is 167 cm³/mol. The molecule has 0 aliphatic carbocycles. The zero-order valence-electron chi connectivity index (χ0n) is 24.8. The zero-order valence-corrected chi connectivity index (χ0v) is 24.8. The van der Waals surface area contributed by atoms with Crippen LogP contribution in [0.2, 0.25) is 0 Å². The molecule has 220 valence electrons. The van der Waals surface area contributed by atoms with Gasteiger partial charge in [0.2, 0.25) is 0 Å². The van der Waals surface area contributed by atoms with Crippen LogP contribution in [-0.4, -0.2) is 34.2 Å². The Balaban J connectivity index is 0.000000242. The van der Waals surface area contributed by atoms with Gasteiger partial charge in [0.25, 0.3) is 0 Å². The van der Waals surface area contributed by atoms with E-state index in [4.69, 9.17) is 5.11 Å². The van der Waals surface area contributed by atoms with Gasteiger partial charge in [0, 0.05) is 34.1 Å². The molecule has 6 nitrogen and oxygen atoms in total. The molecule has 0 radical (unpaired) electrons. The number of hydrogen-bond donors (Lipinski definition) is 1. The fraction of sp³-hybridized carbons (Fsp3) is 0.216. The summed E-state index contributed by atoms with van der Waals surface area (Å²) in [4.78, 5) is 59.8. The van der Waals surface area contributed by atoms with Gasteiger partial charge in [-0.1, -0.05) is 118 Å². The molecule has 0 saturated heterocycles. The molecular weight excluding hydrogens is 540 g/mol. The second-order valence-corrected chi connectivity index (χ2v) is 10.4. The number of carboxylic acids is 1. The van der Waals surface area contributed by atoms with Gasteiger partial charge in [0.05, 0.1) is 0 Å². The minimum atomic E-state index is -1.11. The Hall–Kier alpha value is -4.97. The van der Waals surface area contributed by atoms with Crippen molar-refractivity contribution in [3.05, 3.63) is 143 Å². The van der Waals surface area contributed by atoms with Gasteiger partial charge in [-0.2, -0.15) is 0 Å². The number of carbonyl (C=O) groups is 5. The normalized spacial score (nSPS) is 12.6. The maximum atomic E-state index is 12.5. The van der Waals surface area contributed by atoms with Gasteiger partial charge in [0.15, 0.2) is 17.3 Å². The third-order valence-corrected chi connectivity index (χ3v) is 7.46. The average molecular weight is 577 g/mol. The average Bonchev–Trinajstić information content (AvgIpc) is 3.04. The molecular formula is C37H36O6. The van der Waals surface area contributed by atoms with Crippen molar-refractivity contribution >= 4 is 29.1 Å². The molecule has 4 aromatic carbocycles. The number of carboxylic acid groups (broad SMARTS) is 1. The summed E-state index contributed by atoms with van der Waals surface area (Å²) in [6, 6.07) is 32.2. The zero-order chi connectivity index (χ0) is 31.5. The van der Waals surface area contributed by atoms with E-state index in [0.717, 1.165) is 5.56 Å². The quantitative estimate of drug-likeness (QED) is 0.148. The van der Waals surface area contributed by atoms with E-state index >= 15 is 0 Å². The third-order valence-electron chi connectivity index (χ3n) is 7.46. The summed E-state index contributed by atoms with van der Waals surface area (Å²) in [6.45, 7) is 6.78. The van der Waals surface area contributed by atoms with Crippen molar-refractivity contribution in [2.24, 2.45) is 5.92 Å². The summed E-state index contributed by atoms with van der Waals surface area (Å²) in [5, 5.41) is 9.16. The highest BCUT2D eigenvalue weighted by Crippen LogP contribution is 2.24. The SMILES string of the molecule is CC(=O)C(C)c1cccc(C(=O)c2ccccc2)c1.CC[C@H](C(=O)O)C(=O)C(C)c1cccc(C(=O)c2ccccc2)c1. The van der Waals surface area contributed by atoms with Gasteiger partial charge in [-0.15, -0.1) is 0 Å². The van der Waals surface area contributed by atoms with Gasteiger partial charge in [-0.25, -0.2) is 0 Å². The van der Waals surface area contributed by atoms with E-state index in [0.29, 0.717) is 27.8 Å². The summed E-state index contributed by atoms with van der Waals surface area (Å²) in [5.74, 6) is -3.25. The number of Topliss-reactive ketones (excluding diaryl/α,β-unsaturated/α-hetero) is 2. The molecule has 0 aromatic heterocycles. The van der Waals surface area contributed by atoms with Crippen LogP contribution in [0.4, 0.5) is 0 Å². The number of aliphatic carboxylic acids is 1. The van der Waals surface area contributed by atoms with E-state index in [9.17, 15) is 24.0 Å². The van der Waals surface area contributed by atoms with Crippen LogP contribution in [0.15, 0.2) is 109 Å². The Morgan fingerprint density at radius 2 is 0.977 bits per heavy atom. The summed E-state index contributed by atoms with van der Waals surface area (Å²) < 4.78 is 0. The Morgan fingerprint density at radius 3 is 1.35 bits per heavy atom. The standard InChI is InChI=1S/C20H20O4.C17H16O2/c1-3-17(20(23)24)18(21)13(2)15-10-7-11-16(12-15)19(22)14-8-5-4-6-9-14;1-12(13(2)18)15-9-6-10-16(11-15)17(19)14-7-4-3-5-8-14/h4-13,17H,3H2,1-2H3,(H,23,24);3-12H,1-2H3/t13?,17-;/m0./s1. The lowest BCUT2D eigenvalue weighted by Crippen LogP contribution is -2.27. The molecule has 0 saturated carbocycles. The highest BCUT2D eigenvalue weighted by atomic mass is 16.4. The number of benzene rings is 4. The summed E-state index contributed by atoms with van der Waals surface area (Å²) in [7, 11) is 0. The van der Waals surface area contributed by atoms with E-state index in [1.807, 2.05) is 43.3 Å². The molecule has 2 unspecified atom stereocenters. The number of carbonyl (C=O) groups excluding carboxylic acids is 4. The van der Waals surface area contributed by atoms with E-state index in [2.05, 4.69) is 0 Å². The monoisotopic (exact) mass is 576 g/mol. The van der Waals surface area contributed by atoms with Crippen molar-refractivity contribution in [2.45, 2.75) is 46.0 Å². The van der Waals surface area contributed by atoms with Crippen molar-refractivity contribution in [1.82, 2.24) is 0 Å². The van der Waals surface area contributed by atoms with Crippen LogP contribution in [0.1, 0.15) is 88.9 Å². The van der Waals surface area contributed by atoms with E-state index < -0.39 is 17.8 Å². The van der Waals surface area contributed by atoms with Gasteiger partial charge in [-0.05, 0) is 36.6 Å². The van der Waals surface area contributed by atoms with Crippen LogP contribution in [-0.2, 0) is 14.4 Å². The fourth-order valence-corrected chi connectivity index (χ4v) is 4.61. The first-order valence-electron chi connectivity index (χ1n) is 14.2. The second kappa shape index (κ2) is 15.3. The van der Waals surface area contributed by atoms with Crippen molar-refractivity contribution < 1.29 is 29.1 Å². The van der Waals surface area contributed by atoms with Crippen LogP contribution in [0.5, 0.6) is 0 Å². The maximum Gasteiger partial charge on any atom is 0.314 e. The van der Waals surface area contributed by atoms with E-state index in [1.165, 1.54) is 0 Å². The Labute approximate surface area is 252 Å². The number of hydrogen-bond acceptors (Lipinski definition) is 5. The molecule has 0 spiro atoms. The van der Waals surface area contributed by atoms with Crippen LogP contribution in [0.3, 0.4) is 0 Å². The van der Waals surface area contributed by atoms with Gasteiger partial charge in [0.1, 0.15) is 11.7 Å². The molecule has 0 bridgehead atoms. The van der Waals surface area contributed by atoms with Crippen molar-refractivity contribution in [3.63, 3.8) is 0 Å². The smallest absolute Gasteiger partial charge is 0.314 e. The largest absolute Gasteiger partial charge is 0.481 e. The van der Waals surface area contributed by atoms with Crippen molar-refractivity contribution in [1.29, 1.82) is 0 Å². The topological polar surface area (TPSA) is 106 Å². The first-order valence-corrected chi connectivity index (χ1v) is 14.2. The lowest BCUT2D eigenvalue weighted by Gasteiger charge is -2.16. The Bertz CT molecular complexity index is 1590. The van der Waals surface area contributed by atoms with Crippen LogP contribution in [0.25, 0.3) is 0 Å². The molecule has 1 N–H and O–H groups in total. The summed E-state index contributed by atoms with van der Waals surface area (Å²) >= 11 is 0. The van der Waals surface area contributed by atoms with E-state index in [-0.39, 0.29) is 35.5 Å². The van der Waals surface area contributed by atoms with Crippen LogP contribution in [0, 0.1) is 5.92 Å². The molecule has 3 atom stereocenters.